The Hall–Kier alpha value is -3.02. The number of fused-ring (bicyclic) bond motifs is 2. The molecule has 0 saturated carbocycles. The summed E-state index contributed by atoms with van der Waals surface area (Å²) < 4.78 is 13.0. The van der Waals surface area contributed by atoms with Gasteiger partial charge in [-0.3, -0.25) is 9.56 Å². The van der Waals surface area contributed by atoms with E-state index in [9.17, 15) is 4.79 Å². The van der Waals surface area contributed by atoms with Gasteiger partial charge in [0.25, 0.3) is 0 Å². The molecule has 2 heterocycles. The van der Waals surface area contributed by atoms with Gasteiger partial charge in [0.2, 0.25) is 0 Å². The molecule has 0 radical (unpaired) electrons. The van der Waals surface area contributed by atoms with Crippen molar-refractivity contribution in [2.24, 2.45) is 10.9 Å². The molecule has 0 saturated heterocycles. The summed E-state index contributed by atoms with van der Waals surface area (Å²) >= 11 is 0. The minimum atomic E-state index is -0.262. The fourth-order valence-electron chi connectivity index (χ4n) is 3.94. The fourth-order valence-corrected chi connectivity index (χ4v) is 3.94. The lowest BCUT2D eigenvalue weighted by atomic mass is 10.0. The number of hydrogen-bond acceptors (Lipinski definition) is 4. The van der Waals surface area contributed by atoms with E-state index in [-0.39, 0.29) is 5.76 Å². The quantitative estimate of drug-likeness (QED) is 0.418. The molecule has 0 fully saturated rings. The lowest BCUT2D eigenvalue weighted by Gasteiger charge is -2.22. The minimum absolute atomic E-state index is 0.262. The first-order valence-corrected chi connectivity index (χ1v) is 11.8. The molecule has 32 heavy (non-hydrogen) atoms. The van der Waals surface area contributed by atoms with Crippen LogP contribution in [0.25, 0.3) is 11.1 Å². The summed E-state index contributed by atoms with van der Waals surface area (Å²) in [7, 11) is 0. The van der Waals surface area contributed by atoms with Crippen molar-refractivity contribution < 1.29 is 9.15 Å². The fraction of sp³-hybridized carbons (Fsp3) is 0.462. The lowest BCUT2D eigenvalue weighted by Crippen LogP contribution is -2.26. The van der Waals surface area contributed by atoms with Crippen LogP contribution in [-0.2, 0) is 13.0 Å². The van der Waals surface area contributed by atoms with Crippen LogP contribution in [0.2, 0.25) is 0 Å². The molecular formula is C26H33N3O3. The third-order valence-electron chi connectivity index (χ3n) is 6.15. The number of unbranched alkanes of at least 4 members (excludes halogenated alkanes) is 3. The zero-order chi connectivity index (χ0) is 22.3. The Balaban J connectivity index is 1.21. The van der Waals surface area contributed by atoms with Gasteiger partial charge in [-0.25, -0.2) is 4.79 Å². The molecular weight excluding hydrogens is 402 g/mol. The van der Waals surface area contributed by atoms with E-state index in [2.05, 4.69) is 42.4 Å². The number of anilines is 1. The topological polar surface area (TPSA) is 68.8 Å². The van der Waals surface area contributed by atoms with Gasteiger partial charge in [0, 0.05) is 13.1 Å². The van der Waals surface area contributed by atoms with Gasteiger partial charge in [0.05, 0.1) is 11.2 Å². The predicted molar refractivity (Wildman–Crippen MR) is 130 cm³/mol. The molecule has 3 aromatic rings. The molecule has 1 aromatic heterocycles. The number of para-hydroxylation sites is 2. The third-order valence-corrected chi connectivity index (χ3v) is 6.15. The Labute approximate surface area is 189 Å². The van der Waals surface area contributed by atoms with Crippen molar-refractivity contribution in [1.82, 2.24) is 4.57 Å². The average Bonchev–Trinajstić information content (AvgIpc) is 3.14. The number of rotatable bonds is 10. The predicted octanol–water partition coefficient (Wildman–Crippen LogP) is 5.65. The van der Waals surface area contributed by atoms with E-state index in [1.54, 1.807) is 4.57 Å². The number of oxazole rings is 1. The Bertz CT molecular complexity index is 1130. The standard InChI is InChI=1S/C26H33N3O3/c1-3-19(2)17-27-25-18-31-24-16-20(13-14-21(24)28-25)10-6-4-5-9-15-29-22-11-7-8-12-23(22)32-26(29)30/h7-8,11-14,16,19H,3-6,9-10,15,17-18H2,1-2H3,(H,27,28)/t19-/m1/s1. The molecule has 0 amide bonds. The van der Waals surface area contributed by atoms with Gasteiger partial charge in [0.1, 0.15) is 18.2 Å². The Morgan fingerprint density at radius 2 is 1.97 bits per heavy atom. The first kappa shape index (κ1) is 22.2. The largest absolute Gasteiger partial charge is 0.484 e. The molecule has 2 aromatic carbocycles. The first-order valence-electron chi connectivity index (χ1n) is 11.8. The van der Waals surface area contributed by atoms with Crippen LogP contribution in [0.4, 0.5) is 5.69 Å². The number of ether oxygens (including phenoxy) is 1. The molecule has 0 unspecified atom stereocenters. The number of hydrogen-bond donors (Lipinski definition) is 1. The van der Waals surface area contributed by atoms with Gasteiger partial charge in [-0.05, 0) is 55.0 Å². The molecule has 1 aliphatic rings. The molecule has 0 bridgehead atoms. The van der Waals surface area contributed by atoms with E-state index in [1.807, 2.05) is 24.3 Å². The van der Waals surface area contributed by atoms with Gasteiger partial charge in [-0.1, -0.05) is 51.3 Å². The maximum absolute atomic E-state index is 12.0. The average molecular weight is 436 g/mol. The second-order valence-electron chi connectivity index (χ2n) is 8.70. The van der Waals surface area contributed by atoms with Crippen LogP contribution in [0.5, 0.6) is 5.75 Å². The number of aryl methyl sites for hydroxylation is 2. The Morgan fingerprint density at radius 3 is 2.84 bits per heavy atom. The van der Waals surface area contributed by atoms with E-state index >= 15 is 0 Å². The van der Waals surface area contributed by atoms with E-state index in [4.69, 9.17) is 9.15 Å². The van der Waals surface area contributed by atoms with Crippen molar-refractivity contribution in [3.05, 3.63) is 58.6 Å². The molecule has 170 valence electrons. The molecule has 0 spiro atoms. The Morgan fingerprint density at radius 1 is 1.12 bits per heavy atom. The zero-order valence-electron chi connectivity index (χ0n) is 19.1. The van der Waals surface area contributed by atoms with Gasteiger partial charge >= 0.3 is 5.76 Å². The molecule has 1 N–H and O–H groups in total. The summed E-state index contributed by atoms with van der Waals surface area (Å²) in [6.45, 7) is 6.45. The number of nitrogens with zero attached hydrogens (tertiary/aromatic N) is 2. The van der Waals surface area contributed by atoms with Crippen LogP contribution in [0, 0.1) is 5.92 Å². The number of amidine groups is 1. The van der Waals surface area contributed by atoms with Gasteiger partial charge < -0.3 is 14.5 Å². The van der Waals surface area contributed by atoms with Crippen LogP contribution < -0.4 is 15.8 Å². The molecule has 1 aliphatic heterocycles. The zero-order valence-corrected chi connectivity index (χ0v) is 19.1. The second-order valence-corrected chi connectivity index (χ2v) is 8.70. The Kier molecular flexibility index (Phi) is 7.30. The van der Waals surface area contributed by atoms with E-state index in [0.717, 1.165) is 67.9 Å². The van der Waals surface area contributed by atoms with Crippen LogP contribution in [0.3, 0.4) is 0 Å². The highest BCUT2D eigenvalue weighted by atomic mass is 16.5. The number of nitrogens with one attached hydrogen (secondary N) is 1. The van der Waals surface area contributed by atoms with Crippen molar-refractivity contribution in [1.29, 1.82) is 0 Å². The number of aromatic nitrogens is 1. The van der Waals surface area contributed by atoms with Crippen molar-refractivity contribution in [3.63, 3.8) is 0 Å². The van der Waals surface area contributed by atoms with E-state index in [1.165, 1.54) is 5.56 Å². The summed E-state index contributed by atoms with van der Waals surface area (Å²) in [5.74, 6) is 2.15. The van der Waals surface area contributed by atoms with Crippen LogP contribution in [0.15, 0.2) is 56.7 Å². The highest BCUT2D eigenvalue weighted by molar-refractivity contribution is 5.99. The van der Waals surface area contributed by atoms with Gasteiger partial charge in [-0.2, -0.15) is 0 Å². The molecule has 0 aliphatic carbocycles. The minimum Gasteiger partial charge on any atom is -0.484 e. The summed E-state index contributed by atoms with van der Waals surface area (Å²) in [5.41, 5.74) is 3.84. The highest BCUT2D eigenvalue weighted by Gasteiger charge is 2.15. The van der Waals surface area contributed by atoms with Crippen LogP contribution in [-0.4, -0.2) is 23.6 Å². The third kappa shape index (κ3) is 5.42. The monoisotopic (exact) mass is 435 g/mol. The maximum atomic E-state index is 12.0. The van der Waals surface area contributed by atoms with Crippen molar-refractivity contribution >= 4 is 22.6 Å². The van der Waals surface area contributed by atoms with E-state index < -0.39 is 0 Å². The van der Waals surface area contributed by atoms with Crippen molar-refractivity contribution in [2.75, 3.05) is 18.5 Å². The van der Waals surface area contributed by atoms with Crippen molar-refractivity contribution in [2.45, 2.75) is 58.9 Å². The maximum Gasteiger partial charge on any atom is 0.419 e. The van der Waals surface area contributed by atoms with Crippen LogP contribution in [0.1, 0.15) is 51.5 Å². The molecule has 1 atom stereocenters. The summed E-state index contributed by atoms with van der Waals surface area (Å²) in [6.07, 6.45) is 6.48. The summed E-state index contributed by atoms with van der Waals surface area (Å²) in [6, 6.07) is 14.0. The smallest absolute Gasteiger partial charge is 0.419 e. The second kappa shape index (κ2) is 10.5. The molecule has 6 nitrogen and oxygen atoms in total. The van der Waals surface area contributed by atoms with Crippen LogP contribution >= 0.6 is 0 Å². The number of aliphatic imine (C=N–C) groups is 1. The first-order chi connectivity index (χ1) is 15.6. The van der Waals surface area contributed by atoms with Crippen molar-refractivity contribution in [3.8, 4) is 5.75 Å². The lowest BCUT2D eigenvalue weighted by molar-refractivity contribution is 0.371. The SMILES string of the molecule is CC[C@@H](C)CN=C1COc2cc(CCCCCCn3c(=O)oc4ccccc43)ccc2N1. The van der Waals surface area contributed by atoms with E-state index in [0.29, 0.717) is 24.7 Å². The summed E-state index contributed by atoms with van der Waals surface area (Å²) in [5, 5.41) is 3.41. The van der Waals surface area contributed by atoms with Gasteiger partial charge in [0.15, 0.2) is 5.58 Å². The number of benzene rings is 2. The van der Waals surface area contributed by atoms with Gasteiger partial charge in [-0.15, -0.1) is 0 Å². The molecule has 4 rings (SSSR count). The molecule has 6 heteroatoms. The highest BCUT2D eigenvalue weighted by Crippen LogP contribution is 2.29. The normalized spacial score (nSPS) is 15.4. The summed E-state index contributed by atoms with van der Waals surface area (Å²) in [4.78, 5) is 16.7.